The zero-order valence-corrected chi connectivity index (χ0v) is 15.5. The van der Waals surface area contributed by atoms with Crippen LogP contribution in [0.25, 0.3) is 22.2 Å². The zero-order valence-electron chi connectivity index (χ0n) is 15.5. The maximum absolute atomic E-state index is 13.8. The first kappa shape index (κ1) is 17.6. The fourth-order valence-corrected chi connectivity index (χ4v) is 3.65. The lowest BCUT2D eigenvalue weighted by Crippen LogP contribution is -2.23. The molecular weight excluding hydrogens is 368 g/mol. The van der Waals surface area contributed by atoms with E-state index < -0.39 is 11.6 Å². The summed E-state index contributed by atoms with van der Waals surface area (Å²) < 4.78 is 27.2. The third-order valence-corrected chi connectivity index (χ3v) is 5.22. The second-order valence-electron chi connectivity index (χ2n) is 7.11. The highest BCUT2D eigenvalue weighted by Crippen LogP contribution is 2.27. The van der Waals surface area contributed by atoms with E-state index in [1.165, 1.54) is 11.1 Å². The van der Waals surface area contributed by atoms with E-state index in [9.17, 15) is 8.78 Å². The van der Waals surface area contributed by atoms with Crippen molar-refractivity contribution >= 4 is 11.0 Å². The quantitative estimate of drug-likeness (QED) is 0.472. The highest BCUT2D eigenvalue weighted by molar-refractivity contribution is 5.87. The molecule has 0 fully saturated rings. The summed E-state index contributed by atoms with van der Waals surface area (Å²) in [6, 6.07) is 11.8. The topological polar surface area (TPSA) is 40.7 Å². The first-order valence-electron chi connectivity index (χ1n) is 9.44. The summed E-state index contributed by atoms with van der Waals surface area (Å²) in [6.07, 6.45) is 4.61. The Morgan fingerprint density at radius 2 is 1.79 bits per heavy atom. The summed E-state index contributed by atoms with van der Waals surface area (Å²) >= 11 is 0. The lowest BCUT2D eigenvalue weighted by molar-refractivity contribution is 0.597. The van der Waals surface area contributed by atoms with Gasteiger partial charge in [0.05, 0.1) is 11.1 Å². The van der Waals surface area contributed by atoms with E-state index >= 15 is 0 Å². The van der Waals surface area contributed by atoms with E-state index in [2.05, 4.69) is 45.3 Å². The lowest BCUT2D eigenvalue weighted by Gasteiger charge is -2.17. The lowest BCUT2D eigenvalue weighted by atomic mass is 9.96. The minimum atomic E-state index is -0.541. The summed E-state index contributed by atoms with van der Waals surface area (Å²) in [5.41, 5.74) is 6.21. The van der Waals surface area contributed by atoms with Gasteiger partial charge in [-0.1, -0.05) is 24.0 Å². The highest BCUT2D eigenvalue weighted by atomic mass is 19.1. The van der Waals surface area contributed by atoms with Crippen molar-refractivity contribution in [1.29, 1.82) is 0 Å². The van der Waals surface area contributed by atoms with E-state index in [1.54, 1.807) is 6.20 Å². The molecule has 0 spiro atoms. The normalized spacial score (nSPS) is 13.0. The number of pyridine rings is 1. The number of H-pyrrole nitrogens is 1. The summed E-state index contributed by atoms with van der Waals surface area (Å²) in [5.74, 6) is 4.62. The van der Waals surface area contributed by atoms with Crippen LogP contribution in [0.15, 0.2) is 54.9 Å². The molecule has 0 bridgehead atoms. The number of hydrogen-bond donors (Lipinski definition) is 2. The minimum absolute atomic E-state index is 0.0330. The molecule has 29 heavy (non-hydrogen) atoms. The summed E-state index contributed by atoms with van der Waals surface area (Å²) in [7, 11) is 0. The minimum Gasteiger partial charge on any atom is -0.345 e. The summed E-state index contributed by atoms with van der Waals surface area (Å²) in [6.45, 7) is 1.88. The first-order chi connectivity index (χ1) is 14.2. The standard InChI is InChI=1S/C24H17F2N3/c25-21-5-6-23(26)17(10-21)3-4-18-13-28-24-22(18)11-20(14-29-24)16-2-1-15-7-8-27-12-19(15)9-16/h1-2,5-6,9-11,13-14,27H,7-8,12H2,(H,28,29). The number of nitrogens with zero attached hydrogens (tertiary/aromatic N) is 1. The molecule has 0 aliphatic carbocycles. The van der Waals surface area contributed by atoms with Gasteiger partial charge in [0.2, 0.25) is 0 Å². The van der Waals surface area contributed by atoms with Crippen LogP contribution in [-0.4, -0.2) is 16.5 Å². The number of fused-ring (bicyclic) bond motifs is 2. The molecule has 5 heteroatoms. The summed E-state index contributed by atoms with van der Waals surface area (Å²) in [5, 5.41) is 4.25. The molecule has 3 nitrogen and oxygen atoms in total. The Kier molecular flexibility index (Phi) is 4.34. The summed E-state index contributed by atoms with van der Waals surface area (Å²) in [4.78, 5) is 7.59. The van der Waals surface area contributed by atoms with Crippen LogP contribution in [0.3, 0.4) is 0 Å². The largest absolute Gasteiger partial charge is 0.345 e. The van der Waals surface area contributed by atoms with Crippen molar-refractivity contribution < 1.29 is 8.78 Å². The van der Waals surface area contributed by atoms with Gasteiger partial charge in [-0.25, -0.2) is 13.8 Å². The van der Waals surface area contributed by atoms with Crippen molar-refractivity contribution in [1.82, 2.24) is 15.3 Å². The molecule has 0 saturated heterocycles. The molecule has 0 radical (unpaired) electrons. The van der Waals surface area contributed by atoms with Gasteiger partial charge in [-0.2, -0.15) is 0 Å². The van der Waals surface area contributed by atoms with Gasteiger partial charge in [0, 0.05) is 29.9 Å². The molecular formula is C24H17F2N3. The first-order valence-corrected chi connectivity index (χ1v) is 9.44. The Labute approximate surface area is 166 Å². The van der Waals surface area contributed by atoms with Crippen LogP contribution in [0.4, 0.5) is 8.78 Å². The van der Waals surface area contributed by atoms with Gasteiger partial charge in [0.25, 0.3) is 0 Å². The second kappa shape index (κ2) is 7.16. The highest BCUT2D eigenvalue weighted by Gasteiger charge is 2.11. The number of hydrogen-bond acceptors (Lipinski definition) is 2. The van der Waals surface area contributed by atoms with E-state index in [-0.39, 0.29) is 5.56 Å². The molecule has 5 rings (SSSR count). The molecule has 3 heterocycles. The van der Waals surface area contributed by atoms with Crippen LogP contribution >= 0.6 is 0 Å². The molecule has 2 aromatic carbocycles. The molecule has 4 aromatic rings. The van der Waals surface area contributed by atoms with Gasteiger partial charge in [0.1, 0.15) is 17.3 Å². The smallest absolute Gasteiger partial charge is 0.139 e. The van der Waals surface area contributed by atoms with Crippen molar-refractivity contribution in [2.45, 2.75) is 13.0 Å². The van der Waals surface area contributed by atoms with Crippen LogP contribution < -0.4 is 5.32 Å². The monoisotopic (exact) mass is 385 g/mol. The van der Waals surface area contributed by atoms with E-state index in [0.717, 1.165) is 54.2 Å². The van der Waals surface area contributed by atoms with Crippen LogP contribution in [-0.2, 0) is 13.0 Å². The van der Waals surface area contributed by atoms with E-state index in [0.29, 0.717) is 11.2 Å². The molecule has 0 amide bonds. The molecule has 1 aliphatic heterocycles. The van der Waals surface area contributed by atoms with Gasteiger partial charge in [-0.05, 0) is 60.0 Å². The Hall–Kier alpha value is -3.49. The molecule has 0 atom stereocenters. The van der Waals surface area contributed by atoms with Gasteiger partial charge in [0.15, 0.2) is 0 Å². The number of rotatable bonds is 1. The average molecular weight is 385 g/mol. The van der Waals surface area contributed by atoms with Gasteiger partial charge >= 0.3 is 0 Å². The van der Waals surface area contributed by atoms with Crippen LogP contribution in [0, 0.1) is 23.5 Å². The second-order valence-corrected chi connectivity index (χ2v) is 7.11. The number of nitrogens with one attached hydrogen (secondary N) is 2. The van der Waals surface area contributed by atoms with E-state index in [1.807, 2.05) is 12.3 Å². The SMILES string of the molecule is Fc1ccc(F)c(C#Cc2c[nH]c3ncc(-c4ccc5c(c4)CNCC5)cc23)c1. The van der Waals surface area contributed by atoms with Gasteiger partial charge in [-0.3, -0.25) is 0 Å². The van der Waals surface area contributed by atoms with Crippen molar-refractivity contribution in [3.63, 3.8) is 0 Å². The fourth-order valence-electron chi connectivity index (χ4n) is 3.65. The fraction of sp³-hybridized carbons (Fsp3) is 0.125. The van der Waals surface area contributed by atoms with Crippen molar-refractivity contribution in [3.05, 3.63) is 88.7 Å². The van der Waals surface area contributed by atoms with Crippen molar-refractivity contribution in [2.75, 3.05) is 6.54 Å². The Morgan fingerprint density at radius 1 is 0.897 bits per heavy atom. The maximum atomic E-state index is 13.8. The average Bonchev–Trinajstić information content (AvgIpc) is 3.16. The molecule has 142 valence electrons. The molecule has 2 N–H and O–H groups in total. The Bertz CT molecular complexity index is 1290. The van der Waals surface area contributed by atoms with Crippen molar-refractivity contribution in [2.24, 2.45) is 0 Å². The maximum Gasteiger partial charge on any atom is 0.139 e. The third kappa shape index (κ3) is 3.39. The van der Waals surface area contributed by atoms with Gasteiger partial charge < -0.3 is 10.3 Å². The Balaban J connectivity index is 1.55. The predicted molar refractivity (Wildman–Crippen MR) is 109 cm³/mol. The zero-order chi connectivity index (χ0) is 19.8. The number of aromatic amines is 1. The van der Waals surface area contributed by atoms with Crippen LogP contribution in [0.1, 0.15) is 22.3 Å². The van der Waals surface area contributed by atoms with Crippen molar-refractivity contribution in [3.8, 4) is 23.0 Å². The van der Waals surface area contributed by atoms with E-state index in [4.69, 9.17) is 0 Å². The third-order valence-electron chi connectivity index (χ3n) is 5.22. The molecule has 0 unspecified atom stereocenters. The number of halogens is 2. The van der Waals surface area contributed by atoms with Crippen LogP contribution in [0.2, 0.25) is 0 Å². The Morgan fingerprint density at radius 3 is 2.72 bits per heavy atom. The molecule has 0 saturated carbocycles. The predicted octanol–water partition coefficient (Wildman–Crippen LogP) is 4.55. The molecule has 2 aromatic heterocycles. The van der Waals surface area contributed by atoms with Crippen LogP contribution in [0.5, 0.6) is 0 Å². The number of aromatic nitrogens is 2. The molecule has 1 aliphatic rings. The number of benzene rings is 2. The van der Waals surface area contributed by atoms with Gasteiger partial charge in [-0.15, -0.1) is 0 Å².